The summed E-state index contributed by atoms with van der Waals surface area (Å²) >= 11 is 0. The molecule has 0 aromatic rings. The molecular formula is C6H4BF3O3-2. The molecule has 3 nitrogen and oxygen atoms in total. The summed E-state index contributed by atoms with van der Waals surface area (Å²) in [5.41, 5.74) is 0. The number of allylic oxidation sites excluding steroid dienone is 2. The molecule has 1 atom stereocenters. The Kier molecular flexibility index (Phi) is 2.79. The topological polar surface area (TPSA) is 55.3 Å². The number of hydrogen-bond acceptors (Lipinski definition) is 3. The maximum absolute atomic E-state index is 12.7. The van der Waals surface area contributed by atoms with Gasteiger partial charge < -0.3 is 14.7 Å². The molecule has 0 aromatic heterocycles. The van der Waals surface area contributed by atoms with Crippen LogP contribution in [0.25, 0.3) is 0 Å². The predicted octanol–water partition coefficient (Wildman–Crippen LogP) is -0.864. The van der Waals surface area contributed by atoms with Gasteiger partial charge in [0.05, 0.1) is 7.32 Å². The first-order valence-electron chi connectivity index (χ1n) is 3.33. The van der Waals surface area contributed by atoms with Gasteiger partial charge >= 0.3 is 0 Å². The maximum Gasteiger partial charge on any atom is 0.297 e. The molecule has 7 heteroatoms. The lowest BCUT2D eigenvalue weighted by atomic mass is 10.1. The zero-order valence-corrected chi connectivity index (χ0v) is 6.25. The van der Waals surface area contributed by atoms with Crippen molar-refractivity contribution in [3.63, 3.8) is 0 Å². The van der Waals surface area contributed by atoms with Crippen LogP contribution in [0.3, 0.4) is 0 Å². The Labute approximate surface area is 72.3 Å². The van der Waals surface area contributed by atoms with Gasteiger partial charge in [0.25, 0.3) is 5.92 Å². The van der Waals surface area contributed by atoms with Crippen LogP contribution < -0.4 is 10.0 Å². The molecule has 0 fully saturated rings. The molecule has 1 unspecified atom stereocenters. The largest absolute Gasteiger partial charge is 0.871 e. The zero-order chi connectivity index (χ0) is 10.1. The summed E-state index contributed by atoms with van der Waals surface area (Å²) in [6.45, 7) is 0. The summed E-state index contributed by atoms with van der Waals surface area (Å²) in [5.74, 6) is -4.77. The highest BCUT2D eigenvalue weighted by Crippen LogP contribution is 2.29. The Hall–Kier alpha value is -0.785. The molecule has 1 aliphatic rings. The van der Waals surface area contributed by atoms with Crippen molar-refractivity contribution in [3.8, 4) is 0 Å². The summed E-state index contributed by atoms with van der Waals surface area (Å²) in [4.78, 5) is 0. The molecular weight excluding hydrogens is 188 g/mol. The van der Waals surface area contributed by atoms with Gasteiger partial charge in [-0.1, -0.05) is 0 Å². The van der Waals surface area contributed by atoms with Crippen molar-refractivity contribution in [2.24, 2.45) is 0 Å². The minimum atomic E-state index is -3.65. The lowest BCUT2D eigenvalue weighted by Crippen LogP contribution is -2.53. The monoisotopic (exact) mass is 192 g/mol. The number of hydrogen-bond donors (Lipinski definition) is 0. The molecule has 1 rings (SSSR count). The van der Waals surface area contributed by atoms with Crippen LogP contribution in [0.2, 0.25) is 0 Å². The molecule has 13 heavy (non-hydrogen) atoms. The van der Waals surface area contributed by atoms with Crippen LogP contribution in [0.4, 0.5) is 13.2 Å². The van der Waals surface area contributed by atoms with Gasteiger partial charge in [0.1, 0.15) is 11.9 Å². The summed E-state index contributed by atoms with van der Waals surface area (Å²) in [6.07, 6.45) is -0.630. The van der Waals surface area contributed by atoms with E-state index in [2.05, 4.69) is 4.65 Å². The van der Waals surface area contributed by atoms with Crippen LogP contribution in [0.5, 0.6) is 0 Å². The van der Waals surface area contributed by atoms with E-state index in [-0.39, 0.29) is 6.08 Å². The Morgan fingerprint density at radius 2 is 2.08 bits per heavy atom. The van der Waals surface area contributed by atoms with Crippen molar-refractivity contribution in [2.45, 2.75) is 12.0 Å². The zero-order valence-electron chi connectivity index (χ0n) is 6.25. The number of halogens is 3. The summed E-state index contributed by atoms with van der Waals surface area (Å²) in [7, 11) is -2.81. The van der Waals surface area contributed by atoms with E-state index >= 15 is 0 Å². The van der Waals surface area contributed by atoms with Gasteiger partial charge in [-0.2, -0.15) is 8.78 Å². The maximum atomic E-state index is 12.7. The van der Waals surface area contributed by atoms with Gasteiger partial charge in [-0.15, -0.1) is 0 Å². The Morgan fingerprint density at radius 3 is 2.54 bits per heavy atom. The molecule has 0 aliphatic heterocycles. The van der Waals surface area contributed by atoms with Gasteiger partial charge in [0.2, 0.25) is 0 Å². The second kappa shape index (κ2) is 3.53. The van der Waals surface area contributed by atoms with E-state index in [0.717, 1.165) is 0 Å². The highest BCUT2D eigenvalue weighted by Gasteiger charge is 2.38. The van der Waals surface area contributed by atoms with E-state index in [4.69, 9.17) is 0 Å². The van der Waals surface area contributed by atoms with E-state index in [1.54, 1.807) is 0 Å². The second-order valence-corrected chi connectivity index (χ2v) is 2.41. The van der Waals surface area contributed by atoms with Crippen molar-refractivity contribution >= 4 is 7.32 Å². The first-order chi connectivity index (χ1) is 5.92. The fourth-order valence-corrected chi connectivity index (χ4v) is 0.877. The van der Waals surface area contributed by atoms with Crippen molar-refractivity contribution in [1.82, 2.24) is 0 Å². The lowest BCUT2D eigenvalue weighted by molar-refractivity contribution is -0.387. The van der Waals surface area contributed by atoms with Crippen LogP contribution >= 0.6 is 0 Å². The standard InChI is InChI=1S/C6H4BF3O3/c8-4-1-2-5(13-7(11)12)6(9,10)3-4/h1-3,5H/q-2. The van der Waals surface area contributed by atoms with E-state index in [1.807, 2.05) is 0 Å². The van der Waals surface area contributed by atoms with E-state index < -0.39 is 25.2 Å². The minimum Gasteiger partial charge on any atom is -0.871 e. The van der Waals surface area contributed by atoms with Crippen molar-refractivity contribution < 1.29 is 27.9 Å². The fourth-order valence-electron chi connectivity index (χ4n) is 0.877. The molecule has 1 aliphatic carbocycles. The average Bonchev–Trinajstić information content (AvgIpc) is 1.93. The summed E-state index contributed by atoms with van der Waals surface area (Å²) < 4.78 is 41.5. The lowest BCUT2D eigenvalue weighted by Gasteiger charge is -2.34. The molecule has 0 saturated heterocycles. The van der Waals surface area contributed by atoms with Crippen LogP contribution in [-0.4, -0.2) is 19.3 Å². The molecule has 0 bridgehead atoms. The van der Waals surface area contributed by atoms with Crippen molar-refractivity contribution in [3.05, 3.63) is 24.1 Å². The van der Waals surface area contributed by atoms with Gasteiger partial charge in [0, 0.05) is 6.08 Å². The molecule has 0 aromatic carbocycles. The molecule has 0 spiro atoms. The predicted molar refractivity (Wildman–Crippen MR) is 33.9 cm³/mol. The minimum absolute atomic E-state index is 0.0000463. The Balaban J connectivity index is 2.73. The number of rotatable bonds is 2. The molecule has 0 radical (unpaired) electrons. The average molecular weight is 192 g/mol. The third kappa shape index (κ3) is 2.58. The van der Waals surface area contributed by atoms with Crippen molar-refractivity contribution in [2.75, 3.05) is 0 Å². The first kappa shape index (κ1) is 10.3. The Bertz CT molecular complexity index is 252. The second-order valence-electron chi connectivity index (χ2n) is 2.41. The first-order valence-corrected chi connectivity index (χ1v) is 3.33. The SMILES string of the molecule is [O-]B([O-])OC1C=CC(F)=CC1(F)F. The highest BCUT2D eigenvalue weighted by atomic mass is 19.3. The molecule has 0 heterocycles. The van der Waals surface area contributed by atoms with Gasteiger partial charge in [-0.25, -0.2) is 4.39 Å². The van der Waals surface area contributed by atoms with Crippen LogP contribution in [-0.2, 0) is 4.65 Å². The molecule has 0 amide bonds. The van der Waals surface area contributed by atoms with E-state index in [1.165, 1.54) is 0 Å². The van der Waals surface area contributed by atoms with Gasteiger partial charge in [-0.3, -0.25) is 0 Å². The summed E-state index contributed by atoms with van der Waals surface area (Å²) in [6, 6.07) is 0. The van der Waals surface area contributed by atoms with Crippen molar-refractivity contribution in [1.29, 1.82) is 0 Å². The van der Waals surface area contributed by atoms with Gasteiger partial charge in [0.15, 0.2) is 0 Å². The van der Waals surface area contributed by atoms with Crippen LogP contribution in [0.1, 0.15) is 0 Å². The van der Waals surface area contributed by atoms with Crippen LogP contribution in [0, 0.1) is 0 Å². The van der Waals surface area contributed by atoms with Gasteiger partial charge in [-0.05, 0) is 12.2 Å². The van der Waals surface area contributed by atoms with E-state index in [0.29, 0.717) is 12.2 Å². The molecule has 0 N–H and O–H groups in total. The van der Waals surface area contributed by atoms with Crippen LogP contribution in [0.15, 0.2) is 24.1 Å². The quantitative estimate of drug-likeness (QED) is 0.534. The third-order valence-corrected chi connectivity index (χ3v) is 1.40. The highest BCUT2D eigenvalue weighted by molar-refractivity contribution is 6.28. The third-order valence-electron chi connectivity index (χ3n) is 1.40. The molecule has 0 saturated carbocycles. The Morgan fingerprint density at radius 1 is 1.46 bits per heavy atom. The number of alkyl halides is 2. The molecule has 72 valence electrons. The fraction of sp³-hybridized carbons (Fsp3) is 0.333. The smallest absolute Gasteiger partial charge is 0.297 e. The van der Waals surface area contributed by atoms with E-state index in [9.17, 15) is 23.2 Å². The normalized spacial score (nSPS) is 25.6. The summed E-state index contributed by atoms with van der Waals surface area (Å²) in [5, 5.41) is 19.8.